The van der Waals surface area contributed by atoms with Crippen LogP contribution in [-0.2, 0) is 4.74 Å². The normalized spacial score (nSPS) is 39.1. The molecule has 0 radical (unpaired) electrons. The maximum absolute atomic E-state index is 9.33. The molecule has 1 saturated heterocycles. The zero-order chi connectivity index (χ0) is 10.7. The maximum atomic E-state index is 9.33. The Morgan fingerprint density at radius 2 is 2.00 bits per heavy atom. The van der Waals surface area contributed by atoms with Crippen LogP contribution in [0.1, 0.15) is 0 Å². The zero-order valence-electron chi connectivity index (χ0n) is 7.13. The van der Waals surface area contributed by atoms with Crippen LogP contribution in [-0.4, -0.2) is 57.7 Å². The van der Waals surface area contributed by atoms with Gasteiger partial charge in [0, 0.05) is 4.91 Å². The van der Waals surface area contributed by atoms with Crippen molar-refractivity contribution in [1.29, 1.82) is 0 Å². The lowest BCUT2D eigenvalue weighted by atomic mass is 10.1. The first-order valence-corrected chi connectivity index (χ1v) is 3.96. The molecule has 5 atom stereocenters. The van der Waals surface area contributed by atoms with Gasteiger partial charge in [0.1, 0.15) is 18.3 Å². The highest BCUT2D eigenvalue weighted by Crippen LogP contribution is 2.23. The molecular formula is C6H11N3O5. The molecule has 8 heteroatoms. The number of aliphatic hydroxyl groups is 4. The lowest BCUT2D eigenvalue weighted by molar-refractivity contribution is -0.131. The minimum Gasteiger partial charge on any atom is -0.396 e. The topological polar surface area (TPSA) is 139 Å². The number of rotatable bonds is 3. The van der Waals surface area contributed by atoms with E-state index >= 15 is 0 Å². The molecule has 0 spiro atoms. The molecule has 1 aliphatic rings. The summed E-state index contributed by atoms with van der Waals surface area (Å²) in [6.45, 7) is -0.536. The van der Waals surface area contributed by atoms with E-state index in [2.05, 4.69) is 10.0 Å². The molecule has 0 aliphatic carbocycles. The van der Waals surface area contributed by atoms with Crippen LogP contribution >= 0.6 is 0 Å². The van der Waals surface area contributed by atoms with E-state index in [9.17, 15) is 5.11 Å². The number of hydrogen-bond donors (Lipinski definition) is 4. The first-order valence-electron chi connectivity index (χ1n) is 3.96. The Labute approximate surface area is 79.0 Å². The van der Waals surface area contributed by atoms with E-state index in [1.165, 1.54) is 0 Å². The molecule has 8 nitrogen and oxygen atoms in total. The Balaban J connectivity index is 2.73. The van der Waals surface area contributed by atoms with Gasteiger partial charge in [0.2, 0.25) is 0 Å². The van der Waals surface area contributed by atoms with E-state index < -0.39 is 37.3 Å². The molecule has 80 valence electrons. The zero-order valence-corrected chi connectivity index (χ0v) is 7.13. The summed E-state index contributed by atoms with van der Waals surface area (Å²) in [7, 11) is 0. The van der Waals surface area contributed by atoms with E-state index in [0.29, 0.717) is 0 Å². The van der Waals surface area contributed by atoms with Gasteiger partial charge in [-0.3, -0.25) is 0 Å². The second-order valence-corrected chi connectivity index (χ2v) is 2.93. The average molecular weight is 205 g/mol. The third kappa shape index (κ3) is 1.95. The first-order chi connectivity index (χ1) is 6.61. The third-order valence-corrected chi connectivity index (χ3v) is 2.04. The SMILES string of the molecule is [N-]=[N+]=NC(CO)[C@@H]1O[C@@H](O)C(O)C1O. The molecule has 0 aromatic heterocycles. The van der Waals surface area contributed by atoms with Crippen LogP contribution in [0, 0.1) is 0 Å². The smallest absolute Gasteiger partial charge is 0.183 e. The molecular weight excluding hydrogens is 194 g/mol. The molecule has 0 aromatic carbocycles. The molecule has 0 amide bonds. The highest BCUT2D eigenvalue weighted by Gasteiger charge is 2.45. The van der Waals surface area contributed by atoms with Gasteiger partial charge in [-0.25, -0.2) is 0 Å². The van der Waals surface area contributed by atoms with Gasteiger partial charge < -0.3 is 25.2 Å². The van der Waals surface area contributed by atoms with Gasteiger partial charge in [0.15, 0.2) is 6.29 Å². The van der Waals surface area contributed by atoms with Crippen molar-refractivity contribution in [2.24, 2.45) is 5.11 Å². The van der Waals surface area contributed by atoms with Crippen LogP contribution in [0.2, 0.25) is 0 Å². The second-order valence-electron chi connectivity index (χ2n) is 2.93. The molecule has 3 unspecified atom stereocenters. The van der Waals surface area contributed by atoms with Crippen molar-refractivity contribution >= 4 is 0 Å². The van der Waals surface area contributed by atoms with Gasteiger partial charge >= 0.3 is 0 Å². The number of ether oxygens (including phenoxy) is 1. The molecule has 1 fully saturated rings. The molecule has 0 saturated carbocycles. The van der Waals surface area contributed by atoms with Crippen LogP contribution in [0.4, 0.5) is 0 Å². The summed E-state index contributed by atoms with van der Waals surface area (Å²) >= 11 is 0. The Bertz CT molecular complexity index is 244. The largest absolute Gasteiger partial charge is 0.396 e. The van der Waals surface area contributed by atoms with Crippen LogP contribution < -0.4 is 0 Å². The fourth-order valence-electron chi connectivity index (χ4n) is 1.28. The van der Waals surface area contributed by atoms with Crippen molar-refractivity contribution in [2.45, 2.75) is 30.6 Å². The predicted octanol–water partition coefficient (Wildman–Crippen LogP) is -1.90. The van der Waals surface area contributed by atoms with E-state index in [-0.39, 0.29) is 0 Å². The third-order valence-electron chi connectivity index (χ3n) is 2.04. The van der Waals surface area contributed by atoms with Crippen LogP contribution in [0.15, 0.2) is 5.11 Å². The Hall–Kier alpha value is -0.890. The minimum atomic E-state index is -1.53. The minimum absolute atomic E-state index is 0.536. The molecule has 1 aliphatic heterocycles. The van der Waals surface area contributed by atoms with Gasteiger partial charge in [0.25, 0.3) is 0 Å². The lowest BCUT2D eigenvalue weighted by Crippen LogP contribution is -2.39. The number of hydrogen-bond acceptors (Lipinski definition) is 6. The Morgan fingerprint density at radius 3 is 2.36 bits per heavy atom. The van der Waals surface area contributed by atoms with Gasteiger partial charge in [0.05, 0.1) is 12.6 Å². The summed E-state index contributed by atoms with van der Waals surface area (Å²) in [5, 5.41) is 39.4. The molecule has 0 aromatic rings. The molecule has 4 N–H and O–H groups in total. The number of aliphatic hydroxyl groups excluding tert-OH is 4. The van der Waals surface area contributed by atoms with Crippen molar-refractivity contribution < 1.29 is 25.2 Å². The van der Waals surface area contributed by atoms with Crippen LogP contribution in [0.25, 0.3) is 10.4 Å². The van der Waals surface area contributed by atoms with E-state index in [1.807, 2.05) is 0 Å². The van der Waals surface area contributed by atoms with Crippen molar-refractivity contribution in [3.8, 4) is 0 Å². The predicted molar refractivity (Wildman–Crippen MR) is 42.9 cm³/mol. The summed E-state index contributed by atoms with van der Waals surface area (Å²) in [4.78, 5) is 2.45. The fraction of sp³-hybridized carbons (Fsp3) is 1.00. The Kier molecular flexibility index (Phi) is 3.64. The van der Waals surface area contributed by atoms with Gasteiger partial charge in [-0.1, -0.05) is 5.11 Å². The van der Waals surface area contributed by atoms with Crippen molar-refractivity contribution in [2.75, 3.05) is 6.61 Å². The van der Waals surface area contributed by atoms with Crippen molar-refractivity contribution in [3.05, 3.63) is 10.4 Å². The van der Waals surface area contributed by atoms with E-state index in [1.54, 1.807) is 0 Å². The highest BCUT2D eigenvalue weighted by atomic mass is 16.6. The lowest BCUT2D eigenvalue weighted by Gasteiger charge is -2.18. The molecule has 1 rings (SSSR count). The molecule has 0 bridgehead atoms. The van der Waals surface area contributed by atoms with Gasteiger partial charge in [-0.2, -0.15) is 0 Å². The molecule has 1 heterocycles. The summed E-state index contributed by atoms with van der Waals surface area (Å²) in [5.41, 5.74) is 8.13. The van der Waals surface area contributed by atoms with Crippen LogP contribution in [0.3, 0.4) is 0 Å². The fourth-order valence-corrected chi connectivity index (χ4v) is 1.28. The van der Waals surface area contributed by atoms with E-state index in [4.69, 9.17) is 25.6 Å². The summed E-state index contributed by atoms with van der Waals surface area (Å²) in [5.74, 6) is 0. The van der Waals surface area contributed by atoms with Crippen molar-refractivity contribution in [1.82, 2.24) is 0 Å². The maximum Gasteiger partial charge on any atom is 0.183 e. The number of azide groups is 1. The summed E-state index contributed by atoms with van der Waals surface area (Å²) in [6, 6.07) is -1.03. The Morgan fingerprint density at radius 1 is 1.36 bits per heavy atom. The number of nitrogens with zero attached hydrogens (tertiary/aromatic N) is 3. The standard InChI is InChI=1S/C6H11N3O5/c7-9-8-2(1-10)5-3(11)4(12)6(13)14-5/h2-6,10-13H,1H2/t2?,3?,4?,5-,6+/m0/s1. The highest BCUT2D eigenvalue weighted by molar-refractivity contribution is 4.93. The quantitative estimate of drug-likeness (QED) is 0.242. The van der Waals surface area contributed by atoms with E-state index in [0.717, 1.165) is 0 Å². The molecule has 14 heavy (non-hydrogen) atoms. The summed E-state index contributed by atoms with van der Waals surface area (Å²) in [6.07, 6.45) is -5.46. The second kappa shape index (κ2) is 4.56. The van der Waals surface area contributed by atoms with Crippen molar-refractivity contribution in [3.63, 3.8) is 0 Å². The first kappa shape index (κ1) is 11.2. The van der Waals surface area contributed by atoms with Crippen LogP contribution in [0.5, 0.6) is 0 Å². The summed E-state index contributed by atoms with van der Waals surface area (Å²) < 4.78 is 4.72. The van der Waals surface area contributed by atoms with Gasteiger partial charge in [-0.15, -0.1) is 0 Å². The average Bonchev–Trinajstić information content (AvgIpc) is 2.42. The van der Waals surface area contributed by atoms with Gasteiger partial charge in [-0.05, 0) is 5.53 Å². The monoisotopic (exact) mass is 205 g/mol.